The molecule has 1 heteroatoms. The van der Waals surface area contributed by atoms with Crippen molar-refractivity contribution in [2.75, 3.05) is 5.33 Å². The fourth-order valence-corrected chi connectivity index (χ4v) is 0.867. The van der Waals surface area contributed by atoms with Crippen LogP contribution in [0.3, 0.4) is 0 Å². The quantitative estimate of drug-likeness (QED) is 0.503. The molecule has 0 spiro atoms. The molecule has 0 nitrogen and oxygen atoms in total. The lowest BCUT2D eigenvalue weighted by Gasteiger charge is -1.75. The summed E-state index contributed by atoms with van der Waals surface area (Å²) in [5.74, 6) is 23.4. The van der Waals surface area contributed by atoms with Crippen molar-refractivity contribution in [3.05, 3.63) is 0 Å². The molecule has 0 atom stereocenters. The van der Waals surface area contributed by atoms with Crippen LogP contribution >= 0.6 is 15.9 Å². The molecule has 0 saturated heterocycles. The van der Waals surface area contributed by atoms with Crippen molar-refractivity contribution < 1.29 is 0 Å². The van der Waals surface area contributed by atoms with Crippen LogP contribution in [0, 0.1) is 47.4 Å². The maximum absolute atomic E-state index is 3.31. The summed E-state index contributed by atoms with van der Waals surface area (Å²) in [5.41, 5.74) is 0. The van der Waals surface area contributed by atoms with E-state index in [0.29, 0.717) is 19.3 Å². The molecule has 0 unspecified atom stereocenters. The summed E-state index contributed by atoms with van der Waals surface area (Å²) in [6, 6.07) is 0. The van der Waals surface area contributed by atoms with Gasteiger partial charge in [0.15, 0.2) is 0 Å². The summed E-state index contributed by atoms with van der Waals surface area (Å²) in [6.07, 6.45) is 2.79. The zero-order chi connectivity index (χ0) is 11.2. The lowest BCUT2D eigenvalue weighted by molar-refractivity contribution is 1.31. The van der Waals surface area contributed by atoms with Gasteiger partial charge in [-0.2, -0.15) is 0 Å². The Hall–Kier alpha value is -1.28. The lowest BCUT2D eigenvalue weighted by Crippen LogP contribution is -1.67. The molecule has 0 aromatic rings. The van der Waals surface area contributed by atoms with E-state index < -0.39 is 0 Å². The van der Waals surface area contributed by atoms with Crippen LogP contribution in [0.25, 0.3) is 0 Å². The minimum Gasteiger partial charge on any atom is -0.106 e. The van der Waals surface area contributed by atoms with Gasteiger partial charge in [-0.15, -0.1) is 11.8 Å². The summed E-state index contributed by atoms with van der Waals surface area (Å²) in [5, 5.41) is 0.928. The maximum Gasteiger partial charge on any atom is 0.0703 e. The Bertz CT molecular complexity index is 388. The van der Waals surface area contributed by atoms with E-state index in [1.165, 1.54) is 0 Å². The molecular formula is C14H13Br. The van der Waals surface area contributed by atoms with Gasteiger partial charge in [0.25, 0.3) is 0 Å². The van der Waals surface area contributed by atoms with Crippen molar-refractivity contribution in [3.63, 3.8) is 0 Å². The Morgan fingerprint density at radius 3 is 1.67 bits per heavy atom. The molecule has 0 aliphatic heterocycles. The number of rotatable bonds is 1. The Labute approximate surface area is 101 Å². The Kier molecular flexibility index (Phi) is 11.6. The third-order valence-electron chi connectivity index (χ3n) is 1.30. The molecule has 0 saturated carbocycles. The van der Waals surface area contributed by atoms with E-state index in [9.17, 15) is 0 Å². The van der Waals surface area contributed by atoms with Crippen LogP contribution in [0.1, 0.15) is 32.6 Å². The molecular weight excluding hydrogens is 248 g/mol. The molecule has 0 radical (unpaired) electrons. The third kappa shape index (κ3) is 12.7. The number of hydrogen-bond donors (Lipinski definition) is 0. The van der Waals surface area contributed by atoms with Crippen molar-refractivity contribution >= 4 is 15.9 Å². The number of halogens is 1. The summed E-state index contributed by atoms with van der Waals surface area (Å²) < 4.78 is 0. The van der Waals surface area contributed by atoms with Crippen molar-refractivity contribution in [1.29, 1.82) is 0 Å². The van der Waals surface area contributed by atoms with Gasteiger partial charge in [-0.05, 0) is 6.92 Å². The normalized spacial score (nSPS) is 6.53. The van der Waals surface area contributed by atoms with Crippen LogP contribution in [-0.4, -0.2) is 5.33 Å². The lowest BCUT2D eigenvalue weighted by atomic mass is 10.3. The van der Waals surface area contributed by atoms with Gasteiger partial charge in [-0.25, -0.2) is 0 Å². The standard InChI is InChI=1S/C14H13Br/c1-2-3-4-5-6-7-8-9-10-11-12-13-14-15/h4,7,10,13-14H2,1H3. The van der Waals surface area contributed by atoms with E-state index in [1.807, 2.05) is 6.92 Å². The Morgan fingerprint density at radius 2 is 1.20 bits per heavy atom. The van der Waals surface area contributed by atoms with Gasteiger partial charge in [0.2, 0.25) is 0 Å². The summed E-state index contributed by atoms with van der Waals surface area (Å²) in [4.78, 5) is 0. The first kappa shape index (κ1) is 13.7. The minimum absolute atomic E-state index is 0.617. The number of hydrogen-bond acceptors (Lipinski definition) is 0. The predicted molar refractivity (Wildman–Crippen MR) is 69.0 cm³/mol. The van der Waals surface area contributed by atoms with E-state index in [1.54, 1.807) is 0 Å². The highest BCUT2D eigenvalue weighted by molar-refractivity contribution is 9.09. The van der Waals surface area contributed by atoms with Crippen LogP contribution in [0.4, 0.5) is 0 Å². The van der Waals surface area contributed by atoms with Crippen LogP contribution in [0.15, 0.2) is 0 Å². The van der Waals surface area contributed by atoms with Crippen LogP contribution in [0.5, 0.6) is 0 Å². The molecule has 0 aromatic heterocycles. The van der Waals surface area contributed by atoms with Gasteiger partial charge in [0, 0.05) is 11.8 Å². The van der Waals surface area contributed by atoms with Crippen molar-refractivity contribution in [3.8, 4) is 47.4 Å². The second-order valence-electron chi connectivity index (χ2n) is 2.46. The largest absolute Gasteiger partial charge is 0.106 e. The minimum atomic E-state index is 0.617. The zero-order valence-corrected chi connectivity index (χ0v) is 10.5. The molecule has 0 aliphatic carbocycles. The fourth-order valence-electron chi connectivity index (χ4n) is 0.669. The predicted octanol–water partition coefficient (Wildman–Crippen LogP) is 2.98. The second-order valence-corrected chi connectivity index (χ2v) is 3.25. The topological polar surface area (TPSA) is 0 Å². The van der Waals surface area contributed by atoms with E-state index in [-0.39, 0.29) is 0 Å². The van der Waals surface area contributed by atoms with E-state index in [0.717, 1.165) is 11.8 Å². The first-order valence-electron chi connectivity index (χ1n) is 4.74. The molecule has 0 amide bonds. The average molecular weight is 261 g/mol. The van der Waals surface area contributed by atoms with Crippen LogP contribution in [0.2, 0.25) is 0 Å². The SMILES string of the molecule is CC#CCC#CCC#CCC#CCCBr. The molecule has 0 fully saturated rings. The smallest absolute Gasteiger partial charge is 0.0703 e. The zero-order valence-electron chi connectivity index (χ0n) is 8.91. The van der Waals surface area contributed by atoms with Gasteiger partial charge in [-0.3, -0.25) is 0 Å². The van der Waals surface area contributed by atoms with Crippen molar-refractivity contribution in [2.24, 2.45) is 0 Å². The second kappa shape index (κ2) is 12.7. The Balaban J connectivity index is 3.57. The summed E-state index contributed by atoms with van der Waals surface area (Å²) in [6.45, 7) is 1.81. The fraction of sp³-hybridized carbons (Fsp3) is 0.429. The van der Waals surface area contributed by atoms with Gasteiger partial charge < -0.3 is 0 Å². The van der Waals surface area contributed by atoms with E-state index in [4.69, 9.17) is 0 Å². The molecule has 0 N–H and O–H groups in total. The number of alkyl halides is 1. The van der Waals surface area contributed by atoms with E-state index >= 15 is 0 Å². The maximum atomic E-state index is 3.31. The van der Waals surface area contributed by atoms with E-state index in [2.05, 4.69) is 63.3 Å². The molecule has 76 valence electrons. The first-order chi connectivity index (χ1) is 7.41. The van der Waals surface area contributed by atoms with Gasteiger partial charge >= 0.3 is 0 Å². The highest BCUT2D eigenvalue weighted by Gasteiger charge is 1.71. The van der Waals surface area contributed by atoms with Crippen molar-refractivity contribution in [1.82, 2.24) is 0 Å². The van der Waals surface area contributed by atoms with Crippen LogP contribution < -0.4 is 0 Å². The molecule has 0 aliphatic rings. The first-order valence-corrected chi connectivity index (χ1v) is 5.86. The highest BCUT2D eigenvalue weighted by Crippen LogP contribution is 1.84. The van der Waals surface area contributed by atoms with Gasteiger partial charge in [0.1, 0.15) is 0 Å². The van der Waals surface area contributed by atoms with Gasteiger partial charge in [0.05, 0.1) is 19.3 Å². The summed E-state index contributed by atoms with van der Waals surface area (Å²) >= 11 is 3.31. The molecule has 15 heavy (non-hydrogen) atoms. The molecule has 0 heterocycles. The molecule has 0 aromatic carbocycles. The molecule has 0 rings (SSSR count). The van der Waals surface area contributed by atoms with Crippen LogP contribution in [-0.2, 0) is 0 Å². The highest BCUT2D eigenvalue weighted by atomic mass is 79.9. The summed E-state index contributed by atoms with van der Waals surface area (Å²) in [7, 11) is 0. The van der Waals surface area contributed by atoms with Crippen molar-refractivity contribution in [2.45, 2.75) is 32.6 Å². The third-order valence-corrected chi connectivity index (χ3v) is 1.70. The van der Waals surface area contributed by atoms with Gasteiger partial charge in [-0.1, -0.05) is 51.5 Å². The monoisotopic (exact) mass is 260 g/mol. The molecule has 0 bridgehead atoms. The average Bonchev–Trinajstić information content (AvgIpc) is 2.26. The Morgan fingerprint density at radius 1 is 0.733 bits per heavy atom.